The Balaban J connectivity index is 2.30. The van der Waals surface area contributed by atoms with Crippen molar-refractivity contribution in [3.8, 4) is 0 Å². The molecule has 0 bridgehead atoms. The molecule has 0 aliphatic heterocycles. The maximum Gasteiger partial charge on any atom is 0.240 e. The van der Waals surface area contributed by atoms with Gasteiger partial charge < -0.3 is 15.6 Å². The Labute approximate surface area is 106 Å². The summed E-state index contributed by atoms with van der Waals surface area (Å²) in [5, 5.41) is 2.83. The average Bonchev–Trinajstić information content (AvgIpc) is 2.66. The number of fused-ring (bicyclic) bond motifs is 1. The lowest BCUT2D eigenvalue weighted by molar-refractivity contribution is -0.121. The minimum Gasteiger partial charge on any atom is -0.369 e. The lowest BCUT2D eigenvalue weighted by Gasteiger charge is -2.07. The Kier molecular flexibility index (Phi) is 3.50. The number of carbonyl (C=O) groups is 1. The molecular weight excluding hydrogens is 228 g/mol. The first-order valence-corrected chi connectivity index (χ1v) is 6.11. The number of nitrogen functional groups attached to an aromatic ring is 1. The van der Waals surface area contributed by atoms with Crippen LogP contribution in [0.1, 0.15) is 18.9 Å². The Morgan fingerprint density at radius 3 is 3.00 bits per heavy atom. The summed E-state index contributed by atoms with van der Waals surface area (Å²) in [5.74, 6) is 0.343. The van der Waals surface area contributed by atoms with Crippen molar-refractivity contribution in [3.05, 3.63) is 23.8 Å². The van der Waals surface area contributed by atoms with E-state index in [0.717, 1.165) is 23.0 Å². The molecule has 5 heteroatoms. The maximum atomic E-state index is 11.7. The first-order chi connectivity index (χ1) is 8.63. The highest BCUT2D eigenvalue weighted by Crippen LogP contribution is 2.20. The van der Waals surface area contributed by atoms with Gasteiger partial charge in [-0.05, 0) is 25.0 Å². The SMILES string of the molecule is CCCNC(=O)Cn1c(N)nc2c(C)cccc21. The fourth-order valence-corrected chi connectivity index (χ4v) is 1.94. The number of hydrogen-bond donors (Lipinski definition) is 2. The summed E-state index contributed by atoms with van der Waals surface area (Å²) in [7, 11) is 0. The zero-order valence-corrected chi connectivity index (χ0v) is 10.7. The van der Waals surface area contributed by atoms with E-state index in [1.54, 1.807) is 4.57 Å². The number of aromatic nitrogens is 2. The topological polar surface area (TPSA) is 72.9 Å². The van der Waals surface area contributed by atoms with E-state index in [1.165, 1.54) is 0 Å². The molecule has 0 aliphatic carbocycles. The Hall–Kier alpha value is -2.04. The fraction of sp³-hybridized carbons (Fsp3) is 0.385. The van der Waals surface area contributed by atoms with Crippen LogP contribution in [0.4, 0.5) is 5.95 Å². The first-order valence-electron chi connectivity index (χ1n) is 6.11. The smallest absolute Gasteiger partial charge is 0.240 e. The standard InChI is InChI=1S/C13H18N4O/c1-3-7-15-11(18)8-17-10-6-4-5-9(2)12(10)16-13(17)14/h4-6H,3,7-8H2,1-2H3,(H2,14,16)(H,15,18). The average molecular weight is 246 g/mol. The summed E-state index contributed by atoms with van der Waals surface area (Å²) in [6.45, 7) is 4.90. The van der Waals surface area contributed by atoms with Crippen LogP contribution >= 0.6 is 0 Å². The second kappa shape index (κ2) is 5.08. The van der Waals surface area contributed by atoms with Gasteiger partial charge in [-0.2, -0.15) is 0 Å². The van der Waals surface area contributed by atoms with Crippen LogP contribution in [0.15, 0.2) is 18.2 Å². The van der Waals surface area contributed by atoms with Crippen molar-refractivity contribution < 1.29 is 4.79 Å². The number of nitrogens with two attached hydrogens (primary N) is 1. The molecule has 1 aromatic carbocycles. The number of benzene rings is 1. The number of anilines is 1. The van der Waals surface area contributed by atoms with Crippen molar-refractivity contribution in [1.82, 2.24) is 14.9 Å². The number of nitrogens with one attached hydrogen (secondary N) is 1. The molecule has 2 rings (SSSR count). The number of aryl methyl sites for hydroxylation is 1. The van der Waals surface area contributed by atoms with Crippen molar-refractivity contribution in [2.45, 2.75) is 26.8 Å². The van der Waals surface area contributed by atoms with Crippen LogP contribution in [0.2, 0.25) is 0 Å². The molecule has 0 spiro atoms. The molecule has 0 aliphatic rings. The van der Waals surface area contributed by atoms with E-state index in [-0.39, 0.29) is 12.5 Å². The lowest BCUT2D eigenvalue weighted by atomic mass is 10.2. The van der Waals surface area contributed by atoms with Gasteiger partial charge in [0.1, 0.15) is 6.54 Å². The molecule has 0 radical (unpaired) electrons. The van der Waals surface area contributed by atoms with E-state index in [0.29, 0.717) is 12.5 Å². The molecule has 18 heavy (non-hydrogen) atoms. The second-order valence-electron chi connectivity index (χ2n) is 4.35. The zero-order valence-electron chi connectivity index (χ0n) is 10.7. The molecule has 96 valence electrons. The number of carbonyl (C=O) groups excluding carboxylic acids is 1. The molecule has 5 nitrogen and oxygen atoms in total. The summed E-state index contributed by atoms with van der Waals surface area (Å²) < 4.78 is 1.74. The van der Waals surface area contributed by atoms with Crippen LogP contribution in [0, 0.1) is 6.92 Å². The minimum absolute atomic E-state index is 0.0376. The molecular formula is C13H18N4O. The van der Waals surface area contributed by atoms with E-state index in [9.17, 15) is 4.79 Å². The number of imidazole rings is 1. The van der Waals surface area contributed by atoms with E-state index >= 15 is 0 Å². The van der Waals surface area contributed by atoms with Gasteiger partial charge in [0.2, 0.25) is 11.9 Å². The first kappa shape index (κ1) is 12.4. The quantitative estimate of drug-likeness (QED) is 0.857. The van der Waals surface area contributed by atoms with Gasteiger partial charge in [0.05, 0.1) is 11.0 Å². The van der Waals surface area contributed by atoms with E-state index in [4.69, 9.17) is 5.73 Å². The minimum atomic E-state index is -0.0376. The van der Waals surface area contributed by atoms with Crippen LogP contribution < -0.4 is 11.1 Å². The van der Waals surface area contributed by atoms with Crippen LogP contribution in [-0.4, -0.2) is 22.0 Å². The number of hydrogen-bond acceptors (Lipinski definition) is 3. The molecule has 0 saturated heterocycles. The zero-order chi connectivity index (χ0) is 13.1. The van der Waals surface area contributed by atoms with E-state index in [2.05, 4.69) is 10.3 Å². The molecule has 0 atom stereocenters. The normalized spacial score (nSPS) is 10.8. The summed E-state index contributed by atoms with van der Waals surface area (Å²) >= 11 is 0. The molecule has 0 fully saturated rings. The van der Waals surface area contributed by atoms with Crippen molar-refractivity contribution in [2.24, 2.45) is 0 Å². The largest absolute Gasteiger partial charge is 0.369 e. The predicted octanol–water partition coefficient (Wildman–Crippen LogP) is 1.45. The molecule has 1 amide bonds. The second-order valence-corrected chi connectivity index (χ2v) is 4.35. The number of rotatable bonds is 4. The Morgan fingerprint density at radius 1 is 1.50 bits per heavy atom. The molecule has 2 aromatic rings. The number of amides is 1. The summed E-state index contributed by atoms with van der Waals surface area (Å²) in [6.07, 6.45) is 0.922. The summed E-state index contributed by atoms with van der Waals surface area (Å²) in [5.41, 5.74) is 8.69. The van der Waals surface area contributed by atoms with Crippen LogP contribution in [0.5, 0.6) is 0 Å². The molecule has 1 heterocycles. The maximum absolute atomic E-state index is 11.7. The highest BCUT2D eigenvalue weighted by Gasteiger charge is 2.12. The van der Waals surface area contributed by atoms with Crippen LogP contribution in [0.3, 0.4) is 0 Å². The van der Waals surface area contributed by atoms with Gasteiger partial charge in [-0.15, -0.1) is 0 Å². The molecule has 3 N–H and O–H groups in total. The van der Waals surface area contributed by atoms with Crippen LogP contribution in [0.25, 0.3) is 11.0 Å². The molecule has 0 saturated carbocycles. The lowest BCUT2D eigenvalue weighted by Crippen LogP contribution is -2.28. The van der Waals surface area contributed by atoms with Gasteiger partial charge >= 0.3 is 0 Å². The van der Waals surface area contributed by atoms with E-state index < -0.39 is 0 Å². The van der Waals surface area contributed by atoms with Crippen molar-refractivity contribution >= 4 is 22.9 Å². The Bertz CT molecular complexity index is 574. The van der Waals surface area contributed by atoms with Gasteiger partial charge in [-0.3, -0.25) is 4.79 Å². The van der Waals surface area contributed by atoms with Crippen LogP contribution in [-0.2, 0) is 11.3 Å². The highest BCUT2D eigenvalue weighted by molar-refractivity contribution is 5.84. The van der Waals surface area contributed by atoms with Gasteiger partial charge in [-0.25, -0.2) is 4.98 Å². The van der Waals surface area contributed by atoms with Gasteiger partial charge in [0.15, 0.2) is 0 Å². The molecule has 1 aromatic heterocycles. The van der Waals surface area contributed by atoms with Gasteiger partial charge in [-0.1, -0.05) is 19.1 Å². The molecule has 0 unspecified atom stereocenters. The van der Waals surface area contributed by atoms with E-state index in [1.807, 2.05) is 32.0 Å². The third kappa shape index (κ3) is 2.30. The van der Waals surface area contributed by atoms with Crippen molar-refractivity contribution in [1.29, 1.82) is 0 Å². The van der Waals surface area contributed by atoms with Gasteiger partial charge in [0.25, 0.3) is 0 Å². The van der Waals surface area contributed by atoms with Crippen molar-refractivity contribution in [2.75, 3.05) is 12.3 Å². The third-order valence-corrected chi connectivity index (χ3v) is 2.88. The Morgan fingerprint density at radius 2 is 2.28 bits per heavy atom. The highest BCUT2D eigenvalue weighted by atomic mass is 16.1. The number of nitrogens with zero attached hydrogens (tertiary/aromatic N) is 2. The predicted molar refractivity (Wildman–Crippen MR) is 72.2 cm³/mol. The fourth-order valence-electron chi connectivity index (χ4n) is 1.94. The summed E-state index contributed by atoms with van der Waals surface area (Å²) in [4.78, 5) is 16.0. The van der Waals surface area contributed by atoms with Gasteiger partial charge in [0, 0.05) is 6.54 Å². The monoisotopic (exact) mass is 246 g/mol. The van der Waals surface area contributed by atoms with Crippen molar-refractivity contribution in [3.63, 3.8) is 0 Å². The summed E-state index contributed by atoms with van der Waals surface area (Å²) in [6, 6.07) is 5.86. The third-order valence-electron chi connectivity index (χ3n) is 2.88. The number of para-hydroxylation sites is 1.